The van der Waals surface area contributed by atoms with Gasteiger partial charge in [-0.15, -0.1) is 0 Å². The first kappa shape index (κ1) is 14.8. The van der Waals surface area contributed by atoms with E-state index in [1.165, 1.54) is 0 Å². The van der Waals surface area contributed by atoms with Crippen LogP contribution >= 0.6 is 15.9 Å². The van der Waals surface area contributed by atoms with Gasteiger partial charge in [-0.25, -0.2) is 4.39 Å². The normalized spacial score (nSPS) is 22.1. The van der Waals surface area contributed by atoms with Crippen LogP contribution in [0.3, 0.4) is 0 Å². The fraction of sp³-hybridized carbons (Fsp3) is 0.429. The molecule has 0 radical (unpaired) electrons. The van der Waals surface area contributed by atoms with Crippen LogP contribution in [0.5, 0.6) is 0 Å². The molecule has 0 heterocycles. The SMILES string of the molecule is N#Cc1ccc(NC2CCC(C(=O)O)CC2)c(F)c1Br. The molecule has 0 spiro atoms. The number of rotatable bonds is 3. The third-order valence-electron chi connectivity index (χ3n) is 3.64. The molecule has 1 aliphatic carbocycles. The van der Waals surface area contributed by atoms with Crippen LogP contribution in [-0.4, -0.2) is 17.1 Å². The molecule has 1 aromatic rings. The zero-order valence-electron chi connectivity index (χ0n) is 10.7. The lowest BCUT2D eigenvalue weighted by molar-refractivity contribution is -0.142. The van der Waals surface area contributed by atoms with E-state index >= 15 is 0 Å². The van der Waals surface area contributed by atoms with Crippen molar-refractivity contribution in [2.75, 3.05) is 5.32 Å². The molecule has 1 aliphatic rings. The van der Waals surface area contributed by atoms with Gasteiger partial charge >= 0.3 is 5.97 Å². The van der Waals surface area contributed by atoms with Crippen LogP contribution in [0.15, 0.2) is 16.6 Å². The molecule has 4 nitrogen and oxygen atoms in total. The fourth-order valence-corrected chi connectivity index (χ4v) is 2.89. The minimum Gasteiger partial charge on any atom is -0.481 e. The first-order valence-corrected chi connectivity index (χ1v) is 7.19. The fourth-order valence-electron chi connectivity index (χ4n) is 2.45. The predicted molar refractivity (Wildman–Crippen MR) is 75.8 cm³/mol. The average molecular weight is 341 g/mol. The van der Waals surface area contributed by atoms with E-state index in [2.05, 4.69) is 21.2 Å². The molecule has 0 unspecified atom stereocenters. The van der Waals surface area contributed by atoms with Gasteiger partial charge in [-0.3, -0.25) is 4.79 Å². The number of nitrogens with one attached hydrogen (secondary N) is 1. The van der Waals surface area contributed by atoms with Crippen molar-refractivity contribution in [3.63, 3.8) is 0 Å². The van der Waals surface area contributed by atoms with Gasteiger partial charge in [0.1, 0.15) is 6.07 Å². The van der Waals surface area contributed by atoms with E-state index in [4.69, 9.17) is 10.4 Å². The molecule has 1 saturated carbocycles. The Morgan fingerprint density at radius 3 is 2.60 bits per heavy atom. The molecule has 1 fully saturated rings. The van der Waals surface area contributed by atoms with Crippen molar-refractivity contribution in [3.05, 3.63) is 28.0 Å². The summed E-state index contributed by atoms with van der Waals surface area (Å²) in [5.74, 6) is -1.52. The van der Waals surface area contributed by atoms with Crippen molar-refractivity contribution in [1.82, 2.24) is 0 Å². The van der Waals surface area contributed by atoms with E-state index in [0.717, 1.165) is 0 Å². The molecular formula is C14H14BrFN2O2. The van der Waals surface area contributed by atoms with Gasteiger partial charge in [-0.1, -0.05) is 0 Å². The summed E-state index contributed by atoms with van der Waals surface area (Å²) in [6.45, 7) is 0. The van der Waals surface area contributed by atoms with Gasteiger partial charge in [0, 0.05) is 6.04 Å². The highest BCUT2D eigenvalue weighted by Gasteiger charge is 2.26. The molecule has 1 aromatic carbocycles. The van der Waals surface area contributed by atoms with Crippen LogP contribution in [0.25, 0.3) is 0 Å². The minimum atomic E-state index is -0.754. The van der Waals surface area contributed by atoms with Crippen LogP contribution in [0.4, 0.5) is 10.1 Å². The highest BCUT2D eigenvalue weighted by atomic mass is 79.9. The minimum absolute atomic E-state index is 0.0694. The molecule has 0 aliphatic heterocycles. The molecule has 2 N–H and O–H groups in total. The van der Waals surface area contributed by atoms with Crippen molar-refractivity contribution in [1.29, 1.82) is 5.26 Å². The number of aliphatic carboxylic acids is 1. The molecule has 2 rings (SSSR count). The Bertz CT molecular complexity index is 563. The van der Waals surface area contributed by atoms with Crippen LogP contribution in [0.2, 0.25) is 0 Å². The largest absolute Gasteiger partial charge is 0.481 e. The Kier molecular flexibility index (Phi) is 4.61. The maximum atomic E-state index is 14.1. The van der Waals surface area contributed by atoms with Gasteiger partial charge in [-0.2, -0.15) is 5.26 Å². The quantitative estimate of drug-likeness (QED) is 0.882. The average Bonchev–Trinajstić information content (AvgIpc) is 2.45. The van der Waals surface area contributed by atoms with Crippen molar-refractivity contribution in [3.8, 4) is 6.07 Å². The predicted octanol–water partition coefficient (Wildman–Crippen LogP) is 3.52. The molecule has 0 atom stereocenters. The van der Waals surface area contributed by atoms with Gasteiger partial charge in [-0.05, 0) is 53.7 Å². The number of hydrogen-bond acceptors (Lipinski definition) is 3. The number of anilines is 1. The molecule has 6 heteroatoms. The number of nitriles is 1. The molecule has 0 amide bonds. The Hall–Kier alpha value is -1.61. The second-order valence-corrected chi connectivity index (χ2v) is 5.72. The Morgan fingerprint density at radius 2 is 2.05 bits per heavy atom. The summed E-state index contributed by atoms with van der Waals surface area (Å²) < 4.78 is 14.2. The molecule has 106 valence electrons. The number of carboxylic acids is 1. The van der Waals surface area contributed by atoms with E-state index in [1.807, 2.05) is 6.07 Å². The van der Waals surface area contributed by atoms with E-state index in [-0.39, 0.29) is 22.0 Å². The van der Waals surface area contributed by atoms with E-state index in [1.54, 1.807) is 12.1 Å². The summed E-state index contributed by atoms with van der Waals surface area (Å²) >= 11 is 3.07. The number of benzene rings is 1. The lowest BCUT2D eigenvalue weighted by atomic mass is 9.86. The highest BCUT2D eigenvalue weighted by molar-refractivity contribution is 9.10. The highest BCUT2D eigenvalue weighted by Crippen LogP contribution is 2.30. The lowest BCUT2D eigenvalue weighted by Gasteiger charge is -2.27. The number of halogens is 2. The third kappa shape index (κ3) is 3.10. The summed E-state index contributed by atoms with van der Waals surface area (Å²) in [7, 11) is 0. The second kappa shape index (κ2) is 6.23. The zero-order chi connectivity index (χ0) is 14.7. The molecular weight excluding hydrogens is 327 g/mol. The molecule has 0 bridgehead atoms. The molecule has 0 saturated heterocycles. The van der Waals surface area contributed by atoms with Gasteiger partial charge < -0.3 is 10.4 Å². The van der Waals surface area contributed by atoms with Gasteiger partial charge in [0.15, 0.2) is 5.82 Å². The zero-order valence-corrected chi connectivity index (χ0v) is 12.3. The van der Waals surface area contributed by atoms with Crippen LogP contribution in [0.1, 0.15) is 31.2 Å². The second-order valence-electron chi connectivity index (χ2n) is 4.93. The van der Waals surface area contributed by atoms with Crippen molar-refractivity contribution < 1.29 is 14.3 Å². The smallest absolute Gasteiger partial charge is 0.306 e. The van der Waals surface area contributed by atoms with Crippen LogP contribution in [-0.2, 0) is 4.79 Å². The van der Waals surface area contributed by atoms with E-state index in [9.17, 15) is 9.18 Å². The Balaban J connectivity index is 2.04. The topological polar surface area (TPSA) is 73.1 Å². The van der Waals surface area contributed by atoms with Crippen LogP contribution < -0.4 is 5.32 Å². The van der Waals surface area contributed by atoms with Crippen molar-refractivity contribution in [2.24, 2.45) is 5.92 Å². The maximum Gasteiger partial charge on any atom is 0.306 e. The summed E-state index contributed by atoms with van der Waals surface area (Å²) in [4.78, 5) is 10.9. The van der Waals surface area contributed by atoms with Gasteiger partial charge in [0.25, 0.3) is 0 Å². The number of nitrogens with zero attached hydrogens (tertiary/aromatic N) is 1. The summed E-state index contributed by atoms with van der Waals surface area (Å²) in [6, 6.07) is 5.07. The third-order valence-corrected chi connectivity index (χ3v) is 4.41. The van der Waals surface area contributed by atoms with Crippen molar-refractivity contribution >= 4 is 27.6 Å². The Labute approximate surface area is 124 Å². The summed E-state index contributed by atoms with van der Waals surface area (Å²) in [5.41, 5.74) is 0.595. The first-order chi connectivity index (χ1) is 9.52. The maximum absolute atomic E-state index is 14.1. The van der Waals surface area contributed by atoms with Gasteiger partial charge in [0.2, 0.25) is 0 Å². The first-order valence-electron chi connectivity index (χ1n) is 6.40. The lowest BCUT2D eigenvalue weighted by Crippen LogP contribution is -2.29. The van der Waals surface area contributed by atoms with Gasteiger partial charge in [0.05, 0.1) is 21.6 Å². The number of carbonyl (C=O) groups is 1. The van der Waals surface area contributed by atoms with Crippen molar-refractivity contribution in [2.45, 2.75) is 31.7 Å². The van der Waals surface area contributed by atoms with E-state index < -0.39 is 11.8 Å². The Morgan fingerprint density at radius 1 is 1.40 bits per heavy atom. The van der Waals surface area contributed by atoms with Crippen LogP contribution in [0, 0.1) is 23.1 Å². The number of carboxylic acid groups (broad SMARTS) is 1. The molecule has 20 heavy (non-hydrogen) atoms. The number of hydrogen-bond donors (Lipinski definition) is 2. The summed E-state index contributed by atoms with van der Waals surface area (Å²) in [5, 5.41) is 20.8. The monoisotopic (exact) mass is 340 g/mol. The summed E-state index contributed by atoms with van der Waals surface area (Å²) in [6.07, 6.45) is 2.61. The standard InChI is InChI=1S/C14H14BrFN2O2/c15-12-9(7-17)3-6-11(13(12)16)18-10-4-1-8(2-5-10)14(19)20/h3,6,8,10,18H,1-2,4-5H2,(H,19,20). The van der Waals surface area contributed by atoms with E-state index in [0.29, 0.717) is 31.4 Å². The molecule has 0 aromatic heterocycles.